The Hall–Kier alpha value is -1.85. The fraction of sp³-hybridized carbons (Fsp3) is 0.667. The fourth-order valence-corrected chi connectivity index (χ4v) is 1.87. The van der Waals surface area contributed by atoms with Gasteiger partial charge in [0.2, 0.25) is 11.8 Å². The molecule has 120 valence electrons. The van der Waals surface area contributed by atoms with E-state index in [1.54, 1.807) is 0 Å². The molecule has 0 bridgehead atoms. The summed E-state index contributed by atoms with van der Waals surface area (Å²) in [6, 6.07) is -1.06. The molecule has 6 heteroatoms. The van der Waals surface area contributed by atoms with E-state index in [1.807, 2.05) is 20.8 Å². The molecular formula is C15H26N2O4. The number of hydrogen-bond donors (Lipinski definition) is 3. The van der Waals surface area contributed by atoms with E-state index in [-0.39, 0.29) is 31.1 Å². The topological polar surface area (TPSA) is 109 Å². The molecule has 0 aromatic carbocycles. The largest absolute Gasteiger partial charge is 0.480 e. The van der Waals surface area contributed by atoms with E-state index >= 15 is 0 Å². The number of carbonyl (C=O) groups excluding carboxylic acids is 2. The molecule has 0 radical (unpaired) electrons. The van der Waals surface area contributed by atoms with Crippen molar-refractivity contribution >= 4 is 17.8 Å². The molecule has 4 N–H and O–H groups in total. The molecule has 0 aromatic heterocycles. The Morgan fingerprint density at radius 3 is 2.33 bits per heavy atom. The first-order valence-electron chi connectivity index (χ1n) is 7.16. The molecule has 0 rings (SSSR count). The highest BCUT2D eigenvalue weighted by molar-refractivity contribution is 5.84. The average molecular weight is 298 g/mol. The lowest BCUT2D eigenvalue weighted by molar-refractivity contribution is -0.142. The van der Waals surface area contributed by atoms with E-state index in [0.29, 0.717) is 0 Å². The fourth-order valence-electron chi connectivity index (χ4n) is 1.87. The minimum Gasteiger partial charge on any atom is -0.480 e. The summed E-state index contributed by atoms with van der Waals surface area (Å²) in [5, 5.41) is 11.4. The van der Waals surface area contributed by atoms with Crippen molar-refractivity contribution in [1.82, 2.24) is 5.32 Å². The number of rotatable bonds is 10. The van der Waals surface area contributed by atoms with Crippen LogP contribution in [0.4, 0.5) is 0 Å². The first kappa shape index (κ1) is 19.1. The van der Waals surface area contributed by atoms with Crippen LogP contribution in [0.3, 0.4) is 0 Å². The maximum absolute atomic E-state index is 11.8. The smallest absolute Gasteiger partial charge is 0.326 e. The second kappa shape index (κ2) is 9.96. The first-order valence-corrected chi connectivity index (χ1v) is 7.16. The van der Waals surface area contributed by atoms with Crippen molar-refractivity contribution in [2.24, 2.45) is 11.7 Å². The Labute approximate surface area is 125 Å². The van der Waals surface area contributed by atoms with Crippen LogP contribution in [-0.2, 0) is 14.4 Å². The van der Waals surface area contributed by atoms with Crippen molar-refractivity contribution in [3.05, 3.63) is 11.6 Å². The van der Waals surface area contributed by atoms with Crippen molar-refractivity contribution in [2.45, 2.75) is 58.9 Å². The molecule has 0 aromatic rings. The van der Waals surface area contributed by atoms with Gasteiger partial charge in [-0.25, -0.2) is 4.79 Å². The Morgan fingerprint density at radius 2 is 1.86 bits per heavy atom. The van der Waals surface area contributed by atoms with Gasteiger partial charge in [0.1, 0.15) is 6.04 Å². The highest BCUT2D eigenvalue weighted by Gasteiger charge is 2.21. The van der Waals surface area contributed by atoms with Crippen LogP contribution >= 0.6 is 0 Å². The molecule has 6 nitrogen and oxygen atoms in total. The number of carboxylic acids is 1. The van der Waals surface area contributed by atoms with Crippen molar-refractivity contribution in [3.63, 3.8) is 0 Å². The predicted octanol–water partition coefficient (Wildman–Crippen LogP) is 1.59. The number of primary amides is 1. The van der Waals surface area contributed by atoms with Crippen LogP contribution in [0.2, 0.25) is 0 Å². The zero-order valence-electron chi connectivity index (χ0n) is 13.0. The number of allylic oxidation sites excluding steroid dienone is 2. The minimum absolute atomic E-state index is 0.0164. The van der Waals surface area contributed by atoms with Gasteiger partial charge in [0.25, 0.3) is 0 Å². The summed E-state index contributed by atoms with van der Waals surface area (Å²) < 4.78 is 0. The molecular weight excluding hydrogens is 272 g/mol. The molecule has 21 heavy (non-hydrogen) atoms. The highest BCUT2D eigenvalue weighted by atomic mass is 16.4. The molecule has 0 saturated heterocycles. The molecule has 0 heterocycles. The van der Waals surface area contributed by atoms with Crippen molar-refractivity contribution in [3.8, 4) is 0 Å². The molecule has 2 amide bonds. The van der Waals surface area contributed by atoms with Gasteiger partial charge < -0.3 is 16.2 Å². The van der Waals surface area contributed by atoms with Crippen LogP contribution in [0.15, 0.2) is 11.6 Å². The molecule has 0 spiro atoms. The van der Waals surface area contributed by atoms with Crippen LogP contribution in [0.1, 0.15) is 52.9 Å². The van der Waals surface area contributed by atoms with Gasteiger partial charge in [-0.05, 0) is 39.0 Å². The number of nitrogens with one attached hydrogen (secondary N) is 1. The maximum atomic E-state index is 11.8. The highest BCUT2D eigenvalue weighted by Crippen LogP contribution is 2.12. The zero-order chi connectivity index (χ0) is 16.4. The lowest BCUT2D eigenvalue weighted by atomic mass is 10.00. The van der Waals surface area contributed by atoms with Gasteiger partial charge in [0.05, 0.1) is 0 Å². The quantitative estimate of drug-likeness (QED) is 0.532. The summed E-state index contributed by atoms with van der Waals surface area (Å²) in [5.41, 5.74) is 6.22. The van der Waals surface area contributed by atoms with Gasteiger partial charge in [0.15, 0.2) is 0 Å². The first-order chi connectivity index (χ1) is 9.72. The molecule has 1 unspecified atom stereocenters. The van der Waals surface area contributed by atoms with Gasteiger partial charge in [-0.2, -0.15) is 0 Å². The molecule has 0 aliphatic heterocycles. The van der Waals surface area contributed by atoms with E-state index in [1.165, 1.54) is 5.57 Å². The summed E-state index contributed by atoms with van der Waals surface area (Å²) in [7, 11) is 0. The molecule has 0 saturated carbocycles. The average Bonchev–Trinajstić information content (AvgIpc) is 2.33. The van der Waals surface area contributed by atoms with Crippen LogP contribution in [0.25, 0.3) is 0 Å². The minimum atomic E-state index is -1.15. The summed E-state index contributed by atoms with van der Waals surface area (Å²) >= 11 is 0. The van der Waals surface area contributed by atoms with E-state index in [2.05, 4.69) is 11.4 Å². The molecule has 2 atom stereocenters. The van der Waals surface area contributed by atoms with Gasteiger partial charge in [-0.3, -0.25) is 9.59 Å². The second-order valence-electron chi connectivity index (χ2n) is 5.63. The van der Waals surface area contributed by atoms with Crippen LogP contribution in [0, 0.1) is 5.92 Å². The van der Waals surface area contributed by atoms with Gasteiger partial charge in [-0.1, -0.05) is 18.6 Å². The molecule has 0 fully saturated rings. The van der Waals surface area contributed by atoms with Crippen LogP contribution < -0.4 is 11.1 Å². The Bertz CT molecular complexity index is 400. The third-order valence-electron chi connectivity index (χ3n) is 3.06. The normalized spacial score (nSPS) is 13.1. The van der Waals surface area contributed by atoms with E-state index < -0.39 is 17.9 Å². The summed E-state index contributed by atoms with van der Waals surface area (Å²) in [5.74, 6) is -1.87. The predicted molar refractivity (Wildman–Crippen MR) is 80.4 cm³/mol. The standard InChI is InChI=1S/C15H26N2O4/c1-10(2)5-4-6-11(3)9-14(19)17-12(15(20)21)7-8-13(16)18/h5,11-12H,4,6-9H2,1-3H3,(H2,16,18)(H,17,19)(H,20,21)/t11?,12-/m0/s1. The van der Waals surface area contributed by atoms with Crippen LogP contribution in [-0.4, -0.2) is 28.9 Å². The summed E-state index contributed by atoms with van der Waals surface area (Å²) in [6.07, 6.45) is 4.12. The monoisotopic (exact) mass is 298 g/mol. The maximum Gasteiger partial charge on any atom is 0.326 e. The van der Waals surface area contributed by atoms with Crippen molar-refractivity contribution < 1.29 is 19.5 Å². The van der Waals surface area contributed by atoms with Gasteiger partial charge in [0, 0.05) is 12.8 Å². The summed E-state index contributed by atoms with van der Waals surface area (Å²) in [6.45, 7) is 6.00. The van der Waals surface area contributed by atoms with E-state index in [9.17, 15) is 14.4 Å². The number of aliphatic carboxylic acids is 1. The van der Waals surface area contributed by atoms with E-state index in [4.69, 9.17) is 10.8 Å². The molecule has 0 aliphatic rings. The number of amides is 2. The summed E-state index contributed by atoms with van der Waals surface area (Å²) in [4.78, 5) is 33.5. The van der Waals surface area contributed by atoms with Crippen molar-refractivity contribution in [1.29, 1.82) is 0 Å². The lowest BCUT2D eigenvalue weighted by Gasteiger charge is -2.16. The number of hydrogen-bond acceptors (Lipinski definition) is 3. The zero-order valence-corrected chi connectivity index (χ0v) is 13.0. The van der Waals surface area contributed by atoms with Gasteiger partial charge >= 0.3 is 5.97 Å². The van der Waals surface area contributed by atoms with Gasteiger partial charge in [-0.15, -0.1) is 0 Å². The lowest BCUT2D eigenvalue weighted by Crippen LogP contribution is -2.41. The second-order valence-corrected chi connectivity index (χ2v) is 5.63. The van der Waals surface area contributed by atoms with E-state index in [0.717, 1.165) is 12.8 Å². The number of carbonyl (C=O) groups is 3. The van der Waals surface area contributed by atoms with Crippen LogP contribution in [0.5, 0.6) is 0 Å². The third-order valence-corrected chi connectivity index (χ3v) is 3.06. The Kier molecular flexibility index (Phi) is 9.08. The van der Waals surface area contributed by atoms with Crippen molar-refractivity contribution in [2.75, 3.05) is 0 Å². The Morgan fingerprint density at radius 1 is 1.24 bits per heavy atom. The number of nitrogens with two attached hydrogens (primary N) is 1. The number of carboxylic acid groups (broad SMARTS) is 1. The Balaban J connectivity index is 4.21. The third kappa shape index (κ3) is 10.6. The SMILES string of the molecule is CC(C)=CCCC(C)CC(=O)N[C@@H](CCC(N)=O)C(=O)O. The molecule has 0 aliphatic carbocycles.